The molecule has 0 aliphatic heterocycles. The lowest BCUT2D eigenvalue weighted by Gasteiger charge is -2.11. The number of nitrogens with one attached hydrogen (secondary N) is 2. The van der Waals surface area contributed by atoms with Gasteiger partial charge in [-0.25, -0.2) is 14.1 Å². The molecule has 0 unspecified atom stereocenters. The number of guanidine groups is 1. The molecule has 5 nitrogen and oxygen atoms in total. The van der Waals surface area contributed by atoms with Gasteiger partial charge in [-0.3, -0.25) is 0 Å². The van der Waals surface area contributed by atoms with Gasteiger partial charge in [-0.2, -0.15) is 5.10 Å². The highest BCUT2D eigenvalue weighted by atomic mass is 19.1. The van der Waals surface area contributed by atoms with Gasteiger partial charge in [0.25, 0.3) is 0 Å². The molecule has 0 fully saturated rings. The summed E-state index contributed by atoms with van der Waals surface area (Å²) >= 11 is 0. The van der Waals surface area contributed by atoms with Gasteiger partial charge < -0.3 is 10.6 Å². The van der Waals surface area contributed by atoms with Crippen LogP contribution in [0.2, 0.25) is 0 Å². The molecule has 140 valence electrons. The molecule has 3 rings (SSSR count). The Morgan fingerprint density at radius 1 is 1.04 bits per heavy atom. The number of halogens is 1. The zero-order valence-electron chi connectivity index (χ0n) is 15.4. The van der Waals surface area contributed by atoms with Crippen LogP contribution >= 0.6 is 0 Å². The molecule has 3 aromatic rings. The predicted molar refractivity (Wildman–Crippen MR) is 106 cm³/mol. The number of aliphatic imine (C=N–C) groups is 1. The third kappa shape index (κ3) is 5.67. The van der Waals surface area contributed by atoms with Crippen LogP contribution in [0.25, 0.3) is 5.69 Å². The molecular weight excluding hydrogens is 341 g/mol. The smallest absolute Gasteiger partial charge is 0.191 e. The molecule has 27 heavy (non-hydrogen) atoms. The Morgan fingerprint density at radius 2 is 1.78 bits per heavy atom. The minimum absolute atomic E-state index is 0.230. The second kappa shape index (κ2) is 9.52. The van der Waals surface area contributed by atoms with Gasteiger partial charge in [-0.1, -0.05) is 24.3 Å². The lowest BCUT2D eigenvalue weighted by atomic mass is 10.1. The maximum absolute atomic E-state index is 13.0. The van der Waals surface area contributed by atoms with E-state index in [-0.39, 0.29) is 5.82 Å². The maximum Gasteiger partial charge on any atom is 0.191 e. The standard InChI is InChI=1S/C21H24FN5/c1-2-23-21(25-16-18-4-8-19(22)9-5-18)24-14-12-17-6-10-20(11-7-17)27-15-3-13-26-27/h3-11,13,15H,2,12,14,16H2,1H3,(H2,23,24,25). The summed E-state index contributed by atoms with van der Waals surface area (Å²) in [4.78, 5) is 4.55. The van der Waals surface area contributed by atoms with Crippen LogP contribution in [0.5, 0.6) is 0 Å². The van der Waals surface area contributed by atoms with E-state index in [4.69, 9.17) is 0 Å². The summed E-state index contributed by atoms with van der Waals surface area (Å²) in [5.41, 5.74) is 3.27. The second-order valence-corrected chi connectivity index (χ2v) is 6.12. The van der Waals surface area contributed by atoms with Crippen LogP contribution in [-0.4, -0.2) is 28.8 Å². The molecule has 0 atom stereocenters. The van der Waals surface area contributed by atoms with E-state index in [0.29, 0.717) is 6.54 Å². The van der Waals surface area contributed by atoms with Crippen molar-refractivity contribution in [3.8, 4) is 5.69 Å². The fourth-order valence-electron chi connectivity index (χ4n) is 2.66. The Kier molecular flexibility index (Phi) is 6.57. The summed E-state index contributed by atoms with van der Waals surface area (Å²) in [6.45, 7) is 4.10. The first-order valence-corrected chi connectivity index (χ1v) is 9.10. The van der Waals surface area contributed by atoms with E-state index in [1.54, 1.807) is 18.3 Å². The zero-order valence-corrected chi connectivity index (χ0v) is 15.4. The van der Waals surface area contributed by atoms with Crippen LogP contribution in [0, 0.1) is 5.82 Å². The first-order valence-electron chi connectivity index (χ1n) is 9.10. The Labute approximate surface area is 159 Å². The van der Waals surface area contributed by atoms with Crippen molar-refractivity contribution in [3.63, 3.8) is 0 Å². The van der Waals surface area contributed by atoms with E-state index in [1.165, 1.54) is 17.7 Å². The molecule has 2 N–H and O–H groups in total. The highest BCUT2D eigenvalue weighted by molar-refractivity contribution is 5.79. The molecule has 0 aliphatic rings. The van der Waals surface area contributed by atoms with Crippen molar-refractivity contribution < 1.29 is 4.39 Å². The molecule has 6 heteroatoms. The fourth-order valence-corrected chi connectivity index (χ4v) is 2.66. The summed E-state index contributed by atoms with van der Waals surface area (Å²) < 4.78 is 14.8. The zero-order chi connectivity index (χ0) is 18.9. The van der Waals surface area contributed by atoms with E-state index in [1.807, 2.05) is 23.9 Å². The molecule has 0 aliphatic carbocycles. The van der Waals surface area contributed by atoms with Gasteiger partial charge in [0, 0.05) is 25.5 Å². The summed E-state index contributed by atoms with van der Waals surface area (Å²) in [7, 11) is 0. The molecule has 0 bridgehead atoms. The van der Waals surface area contributed by atoms with Gasteiger partial charge in [-0.15, -0.1) is 0 Å². The van der Waals surface area contributed by atoms with Crippen LogP contribution in [0.15, 0.2) is 72.0 Å². The van der Waals surface area contributed by atoms with Crippen molar-refractivity contribution in [3.05, 3.63) is 83.9 Å². The molecule has 1 aromatic heterocycles. The van der Waals surface area contributed by atoms with Crippen LogP contribution < -0.4 is 10.6 Å². The molecule has 0 amide bonds. The van der Waals surface area contributed by atoms with E-state index in [0.717, 1.165) is 36.7 Å². The fraction of sp³-hybridized carbons (Fsp3) is 0.238. The van der Waals surface area contributed by atoms with Crippen molar-refractivity contribution >= 4 is 5.96 Å². The summed E-state index contributed by atoms with van der Waals surface area (Å²) in [6, 6.07) is 16.7. The van der Waals surface area contributed by atoms with Crippen LogP contribution in [0.1, 0.15) is 18.1 Å². The maximum atomic E-state index is 13.0. The van der Waals surface area contributed by atoms with Gasteiger partial charge in [0.2, 0.25) is 0 Å². The van der Waals surface area contributed by atoms with Gasteiger partial charge in [0.15, 0.2) is 5.96 Å². The Hall–Kier alpha value is -3.15. The van der Waals surface area contributed by atoms with Gasteiger partial charge in [0.05, 0.1) is 12.2 Å². The third-order valence-corrected chi connectivity index (χ3v) is 4.09. The number of hydrogen-bond acceptors (Lipinski definition) is 2. The van der Waals surface area contributed by atoms with Crippen molar-refractivity contribution in [1.29, 1.82) is 0 Å². The summed E-state index contributed by atoms with van der Waals surface area (Å²) in [5, 5.41) is 10.8. The third-order valence-electron chi connectivity index (χ3n) is 4.09. The monoisotopic (exact) mass is 365 g/mol. The number of rotatable bonds is 7. The molecule has 0 saturated heterocycles. The van der Waals surface area contributed by atoms with Crippen LogP contribution in [-0.2, 0) is 13.0 Å². The second-order valence-electron chi connectivity index (χ2n) is 6.12. The first-order chi connectivity index (χ1) is 13.2. The average Bonchev–Trinajstić information content (AvgIpc) is 3.23. The minimum Gasteiger partial charge on any atom is -0.357 e. The Balaban J connectivity index is 1.51. The van der Waals surface area contributed by atoms with Crippen molar-refractivity contribution in [2.75, 3.05) is 13.1 Å². The van der Waals surface area contributed by atoms with E-state index in [2.05, 4.69) is 45.0 Å². The number of nitrogens with zero attached hydrogens (tertiary/aromatic N) is 3. The van der Waals surface area contributed by atoms with Crippen molar-refractivity contribution in [2.45, 2.75) is 19.9 Å². The number of benzene rings is 2. The highest BCUT2D eigenvalue weighted by Gasteiger charge is 2.00. The number of aromatic nitrogens is 2. The lowest BCUT2D eigenvalue weighted by molar-refractivity contribution is 0.627. The molecular formula is C21H24FN5. The van der Waals surface area contributed by atoms with Crippen LogP contribution in [0.3, 0.4) is 0 Å². The van der Waals surface area contributed by atoms with Crippen LogP contribution in [0.4, 0.5) is 4.39 Å². The van der Waals surface area contributed by atoms with E-state index in [9.17, 15) is 4.39 Å². The largest absolute Gasteiger partial charge is 0.357 e. The molecule has 0 saturated carbocycles. The summed E-state index contributed by atoms with van der Waals surface area (Å²) in [5.74, 6) is 0.529. The molecule has 0 spiro atoms. The van der Waals surface area contributed by atoms with Gasteiger partial charge in [-0.05, 0) is 54.8 Å². The molecule has 2 aromatic carbocycles. The van der Waals surface area contributed by atoms with Crippen molar-refractivity contribution in [1.82, 2.24) is 20.4 Å². The molecule has 1 heterocycles. The first kappa shape index (κ1) is 18.6. The Morgan fingerprint density at radius 3 is 2.44 bits per heavy atom. The average molecular weight is 365 g/mol. The topological polar surface area (TPSA) is 54.2 Å². The quantitative estimate of drug-likeness (QED) is 0.499. The minimum atomic E-state index is -0.230. The number of hydrogen-bond donors (Lipinski definition) is 2. The molecule has 0 radical (unpaired) electrons. The van der Waals surface area contributed by atoms with Crippen molar-refractivity contribution in [2.24, 2.45) is 4.99 Å². The SMILES string of the molecule is CCNC(=NCc1ccc(F)cc1)NCCc1ccc(-n2cccn2)cc1. The lowest BCUT2D eigenvalue weighted by Crippen LogP contribution is -2.38. The Bertz CT molecular complexity index is 839. The highest BCUT2D eigenvalue weighted by Crippen LogP contribution is 2.09. The predicted octanol–water partition coefficient (Wildman–Crippen LogP) is 3.31. The summed E-state index contributed by atoms with van der Waals surface area (Å²) in [6.07, 6.45) is 4.59. The van der Waals surface area contributed by atoms with E-state index >= 15 is 0 Å². The van der Waals surface area contributed by atoms with E-state index < -0.39 is 0 Å². The van der Waals surface area contributed by atoms with Gasteiger partial charge in [0.1, 0.15) is 5.82 Å². The van der Waals surface area contributed by atoms with Gasteiger partial charge >= 0.3 is 0 Å². The normalized spacial score (nSPS) is 11.4.